The summed E-state index contributed by atoms with van der Waals surface area (Å²) in [6.45, 7) is 0.806. The number of benzene rings is 1. The van der Waals surface area contributed by atoms with Gasteiger partial charge in [-0.1, -0.05) is 0 Å². The second kappa shape index (κ2) is 4.14. The van der Waals surface area contributed by atoms with Crippen molar-refractivity contribution in [2.24, 2.45) is 0 Å². The van der Waals surface area contributed by atoms with E-state index >= 15 is 0 Å². The van der Waals surface area contributed by atoms with Crippen molar-refractivity contribution in [2.75, 3.05) is 13.7 Å². The van der Waals surface area contributed by atoms with E-state index in [0.717, 1.165) is 19.4 Å². The normalized spacial score (nSPS) is 20.6. The number of hydrogen-bond acceptors (Lipinski definition) is 2. The van der Waals surface area contributed by atoms with Crippen LogP contribution in [0.1, 0.15) is 24.4 Å². The molecule has 2 rings (SSSR count). The Kier molecular flexibility index (Phi) is 2.86. The number of nitrogens with one attached hydrogen (secondary N) is 1. The lowest BCUT2D eigenvalue weighted by molar-refractivity contribution is 0.376. The number of ether oxygens (including phenoxy) is 1. The summed E-state index contributed by atoms with van der Waals surface area (Å²) < 4.78 is 32.1. The van der Waals surface area contributed by atoms with Crippen LogP contribution >= 0.6 is 0 Å². The summed E-state index contributed by atoms with van der Waals surface area (Å²) >= 11 is 0. The van der Waals surface area contributed by atoms with Gasteiger partial charge in [-0.25, -0.2) is 8.78 Å². The molecule has 0 aliphatic carbocycles. The zero-order chi connectivity index (χ0) is 10.8. The fraction of sp³-hybridized carbons (Fsp3) is 0.455. The van der Waals surface area contributed by atoms with Crippen molar-refractivity contribution in [3.8, 4) is 5.75 Å². The van der Waals surface area contributed by atoms with Crippen LogP contribution in [-0.2, 0) is 0 Å². The van der Waals surface area contributed by atoms with Gasteiger partial charge in [0.1, 0.15) is 5.82 Å². The Balaban J connectivity index is 2.43. The molecule has 2 nitrogen and oxygen atoms in total. The average molecular weight is 213 g/mol. The van der Waals surface area contributed by atoms with E-state index < -0.39 is 11.6 Å². The van der Waals surface area contributed by atoms with Gasteiger partial charge in [0.2, 0.25) is 0 Å². The summed E-state index contributed by atoms with van der Waals surface area (Å²) in [5.41, 5.74) is 0.104. The van der Waals surface area contributed by atoms with Gasteiger partial charge < -0.3 is 10.1 Å². The van der Waals surface area contributed by atoms with Gasteiger partial charge in [0.05, 0.1) is 7.11 Å². The highest BCUT2D eigenvalue weighted by Crippen LogP contribution is 2.31. The van der Waals surface area contributed by atoms with E-state index in [-0.39, 0.29) is 17.4 Å². The molecule has 0 spiro atoms. The first kappa shape index (κ1) is 10.4. The molecule has 1 heterocycles. The lowest BCUT2D eigenvalue weighted by Crippen LogP contribution is -2.16. The van der Waals surface area contributed by atoms with Gasteiger partial charge in [0.25, 0.3) is 0 Å². The first-order chi connectivity index (χ1) is 7.24. The van der Waals surface area contributed by atoms with Crippen LogP contribution in [0, 0.1) is 11.6 Å². The van der Waals surface area contributed by atoms with E-state index in [1.54, 1.807) is 0 Å². The maximum atomic E-state index is 13.8. The van der Waals surface area contributed by atoms with Gasteiger partial charge in [0.15, 0.2) is 11.6 Å². The third-order valence-corrected chi connectivity index (χ3v) is 2.72. The molecule has 0 radical (unpaired) electrons. The molecule has 1 aliphatic rings. The molecular formula is C11H13F2NO. The molecule has 4 heteroatoms. The lowest BCUT2D eigenvalue weighted by atomic mass is 10.0. The summed E-state index contributed by atoms with van der Waals surface area (Å²) in [4.78, 5) is 0. The molecule has 82 valence electrons. The SMILES string of the molecule is COc1ccc(F)c([C@H]2CCCN2)c1F. The molecular weight excluding hydrogens is 200 g/mol. The largest absolute Gasteiger partial charge is 0.494 e. The van der Waals surface area contributed by atoms with Crippen molar-refractivity contribution in [2.45, 2.75) is 18.9 Å². The Morgan fingerprint density at radius 1 is 1.40 bits per heavy atom. The summed E-state index contributed by atoms with van der Waals surface area (Å²) in [6.07, 6.45) is 1.71. The highest BCUT2D eigenvalue weighted by atomic mass is 19.1. The predicted octanol–water partition coefficient (Wildman–Crippen LogP) is 2.40. The van der Waals surface area contributed by atoms with Crippen LogP contribution in [-0.4, -0.2) is 13.7 Å². The zero-order valence-electron chi connectivity index (χ0n) is 8.52. The smallest absolute Gasteiger partial charge is 0.172 e. The number of hydrogen-bond donors (Lipinski definition) is 1. The van der Waals surface area contributed by atoms with Gasteiger partial charge in [-0.15, -0.1) is 0 Å². The van der Waals surface area contributed by atoms with Crippen LogP contribution in [0.15, 0.2) is 12.1 Å². The number of rotatable bonds is 2. The summed E-state index contributed by atoms with van der Waals surface area (Å²) in [7, 11) is 1.38. The molecule has 0 bridgehead atoms. The van der Waals surface area contributed by atoms with Crippen LogP contribution in [0.4, 0.5) is 8.78 Å². The third-order valence-electron chi connectivity index (χ3n) is 2.72. The Hall–Kier alpha value is -1.16. The molecule has 0 aromatic heterocycles. The molecule has 1 fully saturated rings. The average Bonchev–Trinajstić information content (AvgIpc) is 2.71. The highest BCUT2D eigenvalue weighted by Gasteiger charge is 2.25. The second-order valence-electron chi connectivity index (χ2n) is 3.63. The molecule has 0 unspecified atom stereocenters. The van der Waals surface area contributed by atoms with E-state index in [0.29, 0.717) is 0 Å². The van der Waals surface area contributed by atoms with Gasteiger partial charge in [-0.3, -0.25) is 0 Å². The molecule has 1 N–H and O–H groups in total. The monoisotopic (exact) mass is 213 g/mol. The Bertz CT molecular complexity index is 362. The predicted molar refractivity (Wildman–Crippen MR) is 52.9 cm³/mol. The molecule has 1 saturated heterocycles. The molecule has 1 aromatic carbocycles. The molecule has 1 aliphatic heterocycles. The standard InChI is InChI=1S/C11H13F2NO/c1-15-9-5-4-7(12)10(11(9)13)8-3-2-6-14-8/h4-5,8,14H,2-3,6H2,1H3/t8-/m1/s1. The van der Waals surface area contributed by atoms with Gasteiger partial charge in [-0.05, 0) is 31.5 Å². The molecule has 0 amide bonds. The minimum absolute atomic E-state index is 0.0973. The third kappa shape index (κ3) is 1.81. The van der Waals surface area contributed by atoms with Crippen LogP contribution < -0.4 is 10.1 Å². The van der Waals surface area contributed by atoms with Gasteiger partial charge in [-0.2, -0.15) is 0 Å². The summed E-state index contributed by atoms with van der Waals surface area (Å²) in [5, 5.41) is 3.07. The Morgan fingerprint density at radius 3 is 2.80 bits per heavy atom. The number of halogens is 2. The van der Waals surface area contributed by atoms with Crippen LogP contribution in [0.3, 0.4) is 0 Å². The molecule has 0 saturated carbocycles. The van der Waals surface area contributed by atoms with Crippen molar-refractivity contribution >= 4 is 0 Å². The molecule has 15 heavy (non-hydrogen) atoms. The van der Waals surface area contributed by atoms with E-state index in [4.69, 9.17) is 4.74 Å². The van der Waals surface area contributed by atoms with Crippen LogP contribution in [0.25, 0.3) is 0 Å². The zero-order valence-corrected chi connectivity index (χ0v) is 8.52. The first-order valence-corrected chi connectivity index (χ1v) is 4.99. The second-order valence-corrected chi connectivity index (χ2v) is 3.63. The molecule has 1 aromatic rings. The fourth-order valence-electron chi connectivity index (χ4n) is 1.96. The van der Waals surface area contributed by atoms with E-state index in [9.17, 15) is 8.78 Å². The van der Waals surface area contributed by atoms with Gasteiger partial charge >= 0.3 is 0 Å². The van der Waals surface area contributed by atoms with E-state index in [1.165, 1.54) is 19.2 Å². The van der Waals surface area contributed by atoms with Gasteiger partial charge in [0, 0.05) is 11.6 Å². The highest BCUT2D eigenvalue weighted by molar-refractivity contribution is 5.34. The van der Waals surface area contributed by atoms with E-state index in [1.807, 2.05) is 0 Å². The van der Waals surface area contributed by atoms with Crippen molar-refractivity contribution in [3.05, 3.63) is 29.3 Å². The maximum Gasteiger partial charge on any atom is 0.172 e. The maximum absolute atomic E-state index is 13.8. The first-order valence-electron chi connectivity index (χ1n) is 4.99. The van der Waals surface area contributed by atoms with Crippen molar-refractivity contribution in [1.29, 1.82) is 0 Å². The Morgan fingerprint density at radius 2 is 2.20 bits per heavy atom. The fourth-order valence-corrected chi connectivity index (χ4v) is 1.96. The van der Waals surface area contributed by atoms with Crippen LogP contribution in [0.5, 0.6) is 5.75 Å². The topological polar surface area (TPSA) is 21.3 Å². The minimum atomic E-state index is -0.586. The number of methoxy groups -OCH3 is 1. The summed E-state index contributed by atoms with van der Waals surface area (Å²) in [6, 6.07) is 2.33. The summed E-state index contributed by atoms with van der Waals surface area (Å²) in [5.74, 6) is -0.996. The minimum Gasteiger partial charge on any atom is -0.494 e. The molecule has 1 atom stereocenters. The van der Waals surface area contributed by atoms with E-state index in [2.05, 4.69) is 5.32 Å². The lowest BCUT2D eigenvalue weighted by Gasteiger charge is -2.14. The Labute approximate surface area is 87.2 Å². The van der Waals surface area contributed by atoms with Crippen LogP contribution in [0.2, 0.25) is 0 Å². The quantitative estimate of drug-likeness (QED) is 0.814. The van der Waals surface area contributed by atoms with Crippen molar-refractivity contribution < 1.29 is 13.5 Å². The van der Waals surface area contributed by atoms with Crippen molar-refractivity contribution in [3.63, 3.8) is 0 Å². The van der Waals surface area contributed by atoms with Crippen molar-refractivity contribution in [1.82, 2.24) is 5.32 Å².